The normalized spacial score (nSPS) is 11.6. The molecule has 10 aromatic carbocycles. The van der Waals surface area contributed by atoms with Crippen LogP contribution in [0, 0.1) is 0 Å². The molecule has 0 unspecified atom stereocenters. The molecule has 0 amide bonds. The zero-order chi connectivity index (χ0) is 40.3. The van der Waals surface area contributed by atoms with Gasteiger partial charge in [-0.05, 0) is 97.0 Å². The lowest BCUT2D eigenvalue weighted by atomic mass is 9.89. The molecule has 0 saturated carbocycles. The summed E-state index contributed by atoms with van der Waals surface area (Å²) in [5, 5.41) is 9.88. The Kier molecular flexibility index (Phi) is 8.17. The minimum absolute atomic E-state index is 0.689. The van der Waals surface area contributed by atoms with E-state index >= 15 is 0 Å². The molecule has 284 valence electrons. The van der Waals surface area contributed by atoms with Gasteiger partial charge in [-0.25, -0.2) is 9.97 Å². The standard InChI is InChI=1S/C58H37N3/c1-3-18-39(19-4-1)58-59-52(41-21-15-22-42(35-41)56-45-26-10-8-20-40(45)36-51-44-25-9-7-17-38(44)33-34-49(51)56)37-53(60-58)47-28-12-11-27-46(47)48-30-16-32-55-57(48)50-29-13-14-31-54(50)61(55)43-23-5-2-6-24-43/h1-37H. The van der Waals surface area contributed by atoms with E-state index in [0.717, 1.165) is 50.5 Å². The topological polar surface area (TPSA) is 30.7 Å². The van der Waals surface area contributed by atoms with Crippen LogP contribution in [0.25, 0.3) is 116 Å². The molecule has 2 heterocycles. The van der Waals surface area contributed by atoms with Crippen molar-refractivity contribution < 1.29 is 0 Å². The van der Waals surface area contributed by atoms with Gasteiger partial charge in [0.2, 0.25) is 0 Å². The van der Waals surface area contributed by atoms with Crippen molar-refractivity contribution in [2.45, 2.75) is 0 Å². The van der Waals surface area contributed by atoms with Crippen LogP contribution in [0.4, 0.5) is 0 Å². The molecule has 12 aromatic rings. The van der Waals surface area contributed by atoms with E-state index in [2.05, 4.69) is 223 Å². The molecule has 0 fully saturated rings. The van der Waals surface area contributed by atoms with Crippen LogP contribution in [-0.2, 0) is 0 Å². The van der Waals surface area contributed by atoms with Crippen molar-refractivity contribution in [2.24, 2.45) is 0 Å². The fraction of sp³-hybridized carbons (Fsp3) is 0. The van der Waals surface area contributed by atoms with Gasteiger partial charge in [-0.2, -0.15) is 0 Å². The average molecular weight is 776 g/mol. The summed E-state index contributed by atoms with van der Waals surface area (Å²) in [7, 11) is 0. The first-order chi connectivity index (χ1) is 30.3. The third-order valence-electron chi connectivity index (χ3n) is 12.2. The molecule has 0 saturated heterocycles. The molecule has 0 radical (unpaired) electrons. The lowest BCUT2D eigenvalue weighted by Crippen LogP contribution is -1.97. The second-order valence-corrected chi connectivity index (χ2v) is 15.7. The zero-order valence-electron chi connectivity index (χ0n) is 33.2. The van der Waals surface area contributed by atoms with Crippen molar-refractivity contribution in [1.82, 2.24) is 14.5 Å². The quantitative estimate of drug-likeness (QED) is 0.124. The number of aromatic nitrogens is 3. The highest BCUT2D eigenvalue weighted by molar-refractivity contribution is 6.20. The molecule has 12 rings (SSSR count). The van der Waals surface area contributed by atoms with E-state index in [0.29, 0.717) is 5.82 Å². The molecule has 0 N–H and O–H groups in total. The second kappa shape index (κ2) is 14.3. The summed E-state index contributed by atoms with van der Waals surface area (Å²) < 4.78 is 2.38. The number of para-hydroxylation sites is 2. The Morgan fingerprint density at radius 3 is 1.77 bits per heavy atom. The molecule has 2 aromatic heterocycles. The highest BCUT2D eigenvalue weighted by Gasteiger charge is 2.20. The third kappa shape index (κ3) is 5.82. The molecule has 0 aliphatic heterocycles. The Labute approximate surface area is 353 Å². The first-order valence-corrected chi connectivity index (χ1v) is 20.8. The summed E-state index contributed by atoms with van der Waals surface area (Å²) in [6.07, 6.45) is 0. The predicted octanol–water partition coefficient (Wildman–Crippen LogP) is 15.4. The van der Waals surface area contributed by atoms with Crippen molar-refractivity contribution in [1.29, 1.82) is 0 Å². The van der Waals surface area contributed by atoms with Crippen molar-refractivity contribution >= 4 is 54.1 Å². The zero-order valence-corrected chi connectivity index (χ0v) is 33.2. The summed E-state index contributed by atoms with van der Waals surface area (Å²) in [5.41, 5.74) is 12.9. The van der Waals surface area contributed by atoms with Crippen molar-refractivity contribution in [2.75, 3.05) is 0 Å². The number of nitrogens with zero attached hydrogens (tertiary/aromatic N) is 3. The lowest BCUT2D eigenvalue weighted by molar-refractivity contribution is 1.18. The van der Waals surface area contributed by atoms with Crippen molar-refractivity contribution in [3.05, 3.63) is 224 Å². The van der Waals surface area contributed by atoms with E-state index in [1.165, 1.54) is 59.7 Å². The summed E-state index contributed by atoms with van der Waals surface area (Å²) in [4.78, 5) is 10.7. The molecular weight excluding hydrogens is 739 g/mol. The number of hydrogen-bond donors (Lipinski definition) is 0. The number of fused-ring (bicyclic) bond motifs is 7. The van der Waals surface area contributed by atoms with Gasteiger partial charge in [0, 0.05) is 33.2 Å². The SMILES string of the molecule is c1ccc(-c2nc(-c3cccc(-c4c5ccccc5cc5c4ccc4ccccc45)c3)cc(-c3ccccc3-c3cccc4c3c3ccccc3n4-c3ccccc3)n2)cc1. The lowest BCUT2D eigenvalue weighted by Gasteiger charge is -2.16. The molecule has 0 aliphatic rings. The van der Waals surface area contributed by atoms with E-state index < -0.39 is 0 Å². The largest absolute Gasteiger partial charge is 0.309 e. The van der Waals surface area contributed by atoms with E-state index in [1.807, 2.05) is 6.07 Å². The Hall–Kier alpha value is -8.14. The maximum absolute atomic E-state index is 5.36. The minimum Gasteiger partial charge on any atom is -0.309 e. The number of benzene rings is 10. The van der Waals surface area contributed by atoms with Crippen LogP contribution < -0.4 is 0 Å². The van der Waals surface area contributed by atoms with Crippen LogP contribution in [0.1, 0.15) is 0 Å². The summed E-state index contributed by atoms with van der Waals surface area (Å²) >= 11 is 0. The van der Waals surface area contributed by atoms with E-state index in [9.17, 15) is 0 Å². The molecule has 0 atom stereocenters. The monoisotopic (exact) mass is 775 g/mol. The molecule has 0 bridgehead atoms. The highest BCUT2D eigenvalue weighted by Crippen LogP contribution is 2.43. The van der Waals surface area contributed by atoms with Gasteiger partial charge in [-0.1, -0.05) is 182 Å². The minimum atomic E-state index is 0.689. The summed E-state index contributed by atoms with van der Waals surface area (Å²) in [5.74, 6) is 0.689. The van der Waals surface area contributed by atoms with Crippen molar-refractivity contribution in [3.63, 3.8) is 0 Å². The van der Waals surface area contributed by atoms with Crippen LogP contribution in [-0.4, -0.2) is 14.5 Å². The maximum Gasteiger partial charge on any atom is 0.160 e. The number of rotatable bonds is 6. The molecule has 0 aliphatic carbocycles. The van der Waals surface area contributed by atoms with E-state index in [4.69, 9.17) is 9.97 Å². The molecule has 0 spiro atoms. The van der Waals surface area contributed by atoms with Gasteiger partial charge in [0.05, 0.1) is 22.4 Å². The summed E-state index contributed by atoms with van der Waals surface area (Å²) in [6.45, 7) is 0. The van der Waals surface area contributed by atoms with Gasteiger partial charge in [-0.3, -0.25) is 0 Å². The Balaban J connectivity index is 1.07. The van der Waals surface area contributed by atoms with Crippen molar-refractivity contribution in [3.8, 4) is 61.8 Å². The van der Waals surface area contributed by atoms with Crippen LogP contribution in [0.3, 0.4) is 0 Å². The van der Waals surface area contributed by atoms with Crippen LogP contribution in [0.5, 0.6) is 0 Å². The molecule has 3 nitrogen and oxygen atoms in total. The van der Waals surface area contributed by atoms with Crippen LogP contribution >= 0.6 is 0 Å². The molecule has 61 heavy (non-hydrogen) atoms. The van der Waals surface area contributed by atoms with Gasteiger partial charge in [-0.15, -0.1) is 0 Å². The summed E-state index contributed by atoms with van der Waals surface area (Å²) in [6, 6.07) is 80.4. The van der Waals surface area contributed by atoms with E-state index in [1.54, 1.807) is 0 Å². The molecule has 3 heteroatoms. The third-order valence-corrected chi connectivity index (χ3v) is 12.2. The highest BCUT2D eigenvalue weighted by atomic mass is 15.0. The maximum atomic E-state index is 5.36. The average Bonchev–Trinajstić information content (AvgIpc) is 3.68. The van der Waals surface area contributed by atoms with Gasteiger partial charge in [0.1, 0.15) is 0 Å². The van der Waals surface area contributed by atoms with Gasteiger partial charge >= 0.3 is 0 Å². The Bertz CT molecular complexity index is 3640. The smallest absolute Gasteiger partial charge is 0.160 e. The molecular formula is C58H37N3. The Morgan fingerprint density at radius 1 is 0.311 bits per heavy atom. The first-order valence-electron chi connectivity index (χ1n) is 20.8. The second-order valence-electron chi connectivity index (χ2n) is 15.7. The fourth-order valence-corrected chi connectivity index (χ4v) is 9.46. The van der Waals surface area contributed by atoms with Gasteiger partial charge in [0.15, 0.2) is 5.82 Å². The first kappa shape index (κ1) is 34.9. The van der Waals surface area contributed by atoms with E-state index in [-0.39, 0.29) is 0 Å². The fourth-order valence-electron chi connectivity index (χ4n) is 9.46. The Morgan fingerprint density at radius 2 is 0.918 bits per heavy atom. The van der Waals surface area contributed by atoms with Crippen LogP contribution in [0.2, 0.25) is 0 Å². The van der Waals surface area contributed by atoms with Gasteiger partial charge in [0.25, 0.3) is 0 Å². The predicted molar refractivity (Wildman–Crippen MR) is 256 cm³/mol. The van der Waals surface area contributed by atoms with Crippen LogP contribution in [0.15, 0.2) is 224 Å². The number of hydrogen-bond acceptors (Lipinski definition) is 2. The van der Waals surface area contributed by atoms with Gasteiger partial charge < -0.3 is 4.57 Å².